The second kappa shape index (κ2) is 7.75. The van der Waals surface area contributed by atoms with Gasteiger partial charge in [-0.25, -0.2) is 9.37 Å². The molecule has 0 spiro atoms. The van der Waals surface area contributed by atoms with Crippen LogP contribution in [-0.2, 0) is 17.8 Å². The maximum Gasteiger partial charge on any atom is 0.243 e. The normalized spacial score (nSPS) is 10.8. The lowest BCUT2D eigenvalue weighted by Gasteiger charge is -2.10. The first-order chi connectivity index (χ1) is 12.2. The summed E-state index contributed by atoms with van der Waals surface area (Å²) in [5.74, 6) is 0.488. The number of hydrogen-bond donors (Lipinski definition) is 1. The van der Waals surface area contributed by atoms with Gasteiger partial charge in [-0.1, -0.05) is 36.9 Å². The number of fused-ring (bicyclic) bond motifs is 1. The Balaban J connectivity index is 1.83. The van der Waals surface area contributed by atoms with Gasteiger partial charge in [-0.3, -0.25) is 4.79 Å². The second-order valence-electron chi connectivity index (χ2n) is 5.79. The predicted octanol–water partition coefficient (Wildman–Crippen LogP) is 3.46. The lowest BCUT2D eigenvalue weighted by atomic mass is 10.2. The first kappa shape index (κ1) is 16.9. The number of para-hydroxylation sites is 2. The third-order valence-electron chi connectivity index (χ3n) is 4.08. The fourth-order valence-corrected chi connectivity index (χ4v) is 2.82. The molecule has 1 N–H and O–H groups in total. The highest BCUT2D eigenvalue weighted by Crippen LogP contribution is 2.20. The van der Waals surface area contributed by atoms with E-state index < -0.39 is 0 Å². The summed E-state index contributed by atoms with van der Waals surface area (Å²) in [6.45, 7) is 4.41. The van der Waals surface area contributed by atoms with Crippen LogP contribution in [0.15, 0.2) is 61.2 Å². The van der Waals surface area contributed by atoms with Gasteiger partial charge >= 0.3 is 0 Å². The highest BCUT2D eigenvalue weighted by molar-refractivity contribution is 5.86. The van der Waals surface area contributed by atoms with E-state index >= 15 is 0 Å². The number of halogens is 1. The average molecular weight is 337 g/mol. The quantitative estimate of drug-likeness (QED) is 0.530. The Labute approximate surface area is 146 Å². The van der Waals surface area contributed by atoms with Gasteiger partial charge < -0.3 is 9.88 Å². The zero-order valence-electron chi connectivity index (χ0n) is 13.9. The van der Waals surface area contributed by atoms with Crippen molar-refractivity contribution < 1.29 is 9.18 Å². The molecule has 0 unspecified atom stereocenters. The van der Waals surface area contributed by atoms with Gasteiger partial charge in [0.2, 0.25) is 5.91 Å². The van der Waals surface area contributed by atoms with E-state index in [1.54, 1.807) is 12.1 Å². The number of benzene rings is 2. The molecule has 4 nitrogen and oxygen atoms in total. The Morgan fingerprint density at radius 1 is 1.20 bits per heavy atom. The van der Waals surface area contributed by atoms with Crippen LogP contribution in [-0.4, -0.2) is 22.0 Å². The third-order valence-corrected chi connectivity index (χ3v) is 4.08. The van der Waals surface area contributed by atoms with Crippen molar-refractivity contribution in [1.29, 1.82) is 0 Å². The molecule has 0 radical (unpaired) electrons. The number of aromatic nitrogens is 2. The summed E-state index contributed by atoms with van der Waals surface area (Å²) in [7, 11) is 0. The molecule has 0 aliphatic rings. The molecule has 0 saturated carbocycles. The van der Waals surface area contributed by atoms with E-state index in [9.17, 15) is 9.18 Å². The fourth-order valence-electron chi connectivity index (χ4n) is 2.82. The van der Waals surface area contributed by atoms with Crippen LogP contribution >= 0.6 is 0 Å². The fraction of sp³-hybridized carbons (Fsp3) is 0.200. The van der Waals surface area contributed by atoms with Gasteiger partial charge in [0.05, 0.1) is 17.6 Å². The van der Waals surface area contributed by atoms with Gasteiger partial charge in [0.1, 0.15) is 11.6 Å². The minimum absolute atomic E-state index is 0.181. The maximum absolute atomic E-state index is 14.1. The standard InChI is InChI=1S/C20H20FN3O/c1-2-20(25)22-13-7-12-19-23-17-10-5-6-11-18(17)24(19)14-15-8-3-4-9-16(15)21/h2-6,8-11H,1,7,12-14H2,(H,22,25). The van der Waals surface area contributed by atoms with Crippen LogP contribution in [0.25, 0.3) is 11.0 Å². The van der Waals surface area contributed by atoms with E-state index in [2.05, 4.69) is 16.9 Å². The SMILES string of the molecule is C=CC(=O)NCCCc1nc2ccccc2n1Cc1ccccc1F. The molecule has 0 saturated heterocycles. The van der Waals surface area contributed by atoms with Crippen molar-refractivity contribution in [1.82, 2.24) is 14.9 Å². The zero-order valence-corrected chi connectivity index (χ0v) is 13.9. The van der Waals surface area contributed by atoms with Gasteiger partial charge in [0, 0.05) is 18.5 Å². The Bertz CT molecular complexity index is 901. The number of imidazole rings is 1. The van der Waals surface area contributed by atoms with E-state index in [1.807, 2.05) is 34.9 Å². The van der Waals surface area contributed by atoms with Gasteiger partial charge in [-0.2, -0.15) is 0 Å². The van der Waals surface area contributed by atoms with Crippen molar-refractivity contribution in [2.45, 2.75) is 19.4 Å². The van der Waals surface area contributed by atoms with Crippen LogP contribution in [0.5, 0.6) is 0 Å². The molecule has 0 fully saturated rings. The average Bonchev–Trinajstić information content (AvgIpc) is 2.98. The number of hydrogen-bond acceptors (Lipinski definition) is 2. The lowest BCUT2D eigenvalue weighted by Crippen LogP contribution is -2.22. The van der Waals surface area contributed by atoms with Crippen LogP contribution in [0.4, 0.5) is 4.39 Å². The number of aryl methyl sites for hydroxylation is 1. The van der Waals surface area contributed by atoms with E-state index in [1.165, 1.54) is 12.1 Å². The number of nitrogens with zero attached hydrogens (tertiary/aromatic N) is 2. The molecule has 2 aromatic carbocycles. The molecule has 0 bridgehead atoms. The van der Waals surface area contributed by atoms with Crippen molar-refractivity contribution in [3.05, 3.63) is 78.4 Å². The van der Waals surface area contributed by atoms with Crippen molar-refractivity contribution in [2.75, 3.05) is 6.54 Å². The highest BCUT2D eigenvalue weighted by atomic mass is 19.1. The Hall–Kier alpha value is -2.95. The highest BCUT2D eigenvalue weighted by Gasteiger charge is 2.12. The number of amides is 1. The third kappa shape index (κ3) is 3.94. The number of carbonyl (C=O) groups is 1. The van der Waals surface area contributed by atoms with Crippen molar-refractivity contribution in [3.63, 3.8) is 0 Å². The lowest BCUT2D eigenvalue weighted by molar-refractivity contribution is -0.116. The molecule has 0 aliphatic heterocycles. The Morgan fingerprint density at radius 3 is 2.76 bits per heavy atom. The topological polar surface area (TPSA) is 46.9 Å². The summed E-state index contributed by atoms with van der Waals surface area (Å²) in [6.07, 6.45) is 2.70. The van der Waals surface area contributed by atoms with Crippen molar-refractivity contribution in [2.24, 2.45) is 0 Å². The van der Waals surface area contributed by atoms with Crippen LogP contribution in [0.1, 0.15) is 17.8 Å². The predicted molar refractivity (Wildman–Crippen MR) is 96.8 cm³/mol. The molecule has 25 heavy (non-hydrogen) atoms. The van der Waals surface area contributed by atoms with Crippen molar-refractivity contribution in [3.8, 4) is 0 Å². The molecular formula is C20H20FN3O. The molecule has 1 heterocycles. The Kier molecular flexibility index (Phi) is 5.23. The summed E-state index contributed by atoms with van der Waals surface area (Å²) in [4.78, 5) is 15.9. The van der Waals surface area contributed by atoms with Gasteiger partial charge in [-0.05, 0) is 30.7 Å². The molecule has 3 rings (SSSR count). The van der Waals surface area contributed by atoms with E-state index in [0.29, 0.717) is 25.1 Å². The Morgan fingerprint density at radius 2 is 1.96 bits per heavy atom. The first-order valence-corrected chi connectivity index (χ1v) is 8.27. The van der Waals surface area contributed by atoms with Crippen molar-refractivity contribution >= 4 is 16.9 Å². The van der Waals surface area contributed by atoms with Crippen LogP contribution < -0.4 is 5.32 Å². The molecule has 128 valence electrons. The zero-order chi connectivity index (χ0) is 17.6. The minimum Gasteiger partial charge on any atom is -0.353 e. The first-order valence-electron chi connectivity index (χ1n) is 8.27. The van der Waals surface area contributed by atoms with Gasteiger partial charge in [0.25, 0.3) is 0 Å². The minimum atomic E-state index is -0.218. The molecule has 0 aliphatic carbocycles. The van der Waals surface area contributed by atoms with Gasteiger partial charge in [0.15, 0.2) is 0 Å². The largest absolute Gasteiger partial charge is 0.353 e. The van der Waals surface area contributed by atoms with E-state index in [-0.39, 0.29) is 11.7 Å². The maximum atomic E-state index is 14.1. The van der Waals surface area contributed by atoms with E-state index in [4.69, 9.17) is 0 Å². The van der Waals surface area contributed by atoms with Crippen LogP contribution in [0, 0.1) is 5.82 Å². The van der Waals surface area contributed by atoms with Crippen LogP contribution in [0.3, 0.4) is 0 Å². The summed E-state index contributed by atoms with van der Waals surface area (Å²) >= 11 is 0. The molecule has 5 heteroatoms. The summed E-state index contributed by atoms with van der Waals surface area (Å²) in [5, 5.41) is 2.76. The molecule has 0 atom stereocenters. The van der Waals surface area contributed by atoms with Gasteiger partial charge in [-0.15, -0.1) is 0 Å². The molecular weight excluding hydrogens is 317 g/mol. The number of rotatable bonds is 7. The molecule has 1 aromatic heterocycles. The number of nitrogens with one attached hydrogen (secondary N) is 1. The summed E-state index contributed by atoms with van der Waals surface area (Å²) in [5.41, 5.74) is 2.51. The monoisotopic (exact) mass is 337 g/mol. The van der Waals surface area contributed by atoms with E-state index in [0.717, 1.165) is 23.3 Å². The summed E-state index contributed by atoms with van der Waals surface area (Å²) in [6, 6.07) is 14.6. The second-order valence-corrected chi connectivity index (χ2v) is 5.79. The molecule has 3 aromatic rings. The summed E-state index contributed by atoms with van der Waals surface area (Å²) < 4.78 is 16.1. The molecule has 1 amide bonds. The number of carbonyl (C=O) groups excluding carboxylic acids is 1. The smallest absolute Gasteiger partial charge is 0.243 e. The van der Waals surface area contributed by atoms with Crippen LogP contribution in [0.2, 0.25) is 0 Å².